The highest BCUT2D eigenvalue weighted by atomic mass is 32.2. The third-order valence-electron chi connectivity index (χ3n) is 2.25. The normalized spacial score (nSPS) is 15.5. The molecule has 0 bridgehead atoms. The van der Waals surface area contributed by atoms with Gasteiger partial charge in [0, 0.05) is 17.2 Å². The van der Waals surface area contributed by atoms with Gasteiger partial charge >= 0.3 is 11.9 Å². The zero-order valence-corrected chi connectivity index (χ0v) is 11.8. The van der Waals surface area contributed by atoms with Gasteiger partial charge in [0.2, 0.25) is 5.91 Å². The molecule has 3 unspecified atom stereocenters. The van der Waals surface area contributed by atoms with E-state index < -0.39 is 40.7 Å². The summed E-state index contributed by atoms with van der Waals surface area (Å²) in [6.07, 6.45) is 1.20. The lowest BCUT2D eigenvalue weighted by Gasteiger charge is -2.13. The monoisotopic (exact) mass is 306 g/mol. The van der Waals surface area contributed by atoms with E-state index in [4.69, 9.17) is 15.9 Å². The Morgan fingerprint density at radius 3 is 2.35 bits per heavy atom. The van der Waals surface area contributed by atoms with Crippen molar-refractivity contribution < 1.29 is 28.8 Å². The highest BCUT2D eigenvalue weighted by Crippen LogP contribution is 1.98. The average molecular weight is 306 g/mol. The molecule has 0 radical (unpaired) electrons. The Bertz CT molecular complexity index is 423. The summed E-state index contributed by atoms with van der Waals surface area (Å²) in [6.45, 7) is 1.64. The molecule has 114 valence electrons. The topological polar surface area (TPSA) is 147 Å². The van der Waals surface area contributed by atoms with E-state index >= 15 is 0 Å². The Labute approximate surface area is 118 Å². The van der Waals surface area contributed by atoms with E-state index in [9.17, 15) is 18.6 Å². The van der Waals surface area contributed by atoms with Crippen LogP contribution in [-0.2, 0) is 25.2 Å². The number of aliphatic carboxylic acids is 2. The number of carbonyl (C=O) groups is 3. The van der Waals surface area contributed by atoms with E-state index in [-0.39, 0.29) is 18.6 Å². The third kappa shape index (κ3) is 7.64. The van der Waals surface area contributed by atoms with Crippen LogP contribution in [0, 0.1) is 0 Å². The summed E-state index contributed by atoms with van der Waals surface area (Å²) in [7, 11) is -1.50. The fourth-order valence-corrected chi connectivity index (χ4v) is 2.19. The molecule has 0 aromatic rings. The first-order chi connectivity index (χ1) is 9.27. The largest absolute Gasteiger partial charge is 0.480 e. The molecule has 9 heteroatoms. The molecule has 0 aromatic carbocycles. The summed E-state index contributed by atoms with van der Waals surface area (Å²) in [5.74, 6) is -3.44. The second kappa shape index (κ2) is 9.21. The number of rotatable bonds is 9. The van der Waals surface area contributed by atoms with Crippen molar-refractivity contribution in [3.8, 4) is 0 Å². The Morgan fingerprint density at radius 2 is 1.90 bits per heavy atom. The summed E-state index contributed by atoms with van der Waals surface area (Å²) in [6, 6.07) is -2.47. The molecule has 0 fully saturated rings. The van der Waals surface area contributed by atoms with E-state index in [1.54, 1.807) is 6.92 Å². The molecule has 0 spiro atoms. The van der Waals surface area contributed by atoms with Crippen molar-refractivity contribution in [3.05, 3.63) is 11.5 Å². The number of carbonyl (C=O) groups excluding carboxylic acids is 1. The minimum absolute atomic E-state index is 0.106. The second-order valence-corrected chi connectivity index (χ2v) is 5.33. The van der Waals surface area contributed by atoms with Crippen LogP contribution in [0.15, 0.2) is 11.5 Å². The minimum Gasteiger partial charge on any atom is -0.480 e. The molecule has 0 aliphatic rings. The van der Waals surface area contributed by atoms with Crippen LogP contribution >= 0.6 is 0 Å². The van der Waals surface area contributed by atoms with Gasteiger partial charge in [-0.15, -0.1) is 0 Å². The van der Waals surface area contributed by atoms with Crippen LogP contribution in [0.5, 0.6) is 0 Å². The quantitative estimate of drug-likeness (QED) is 0.428. The van der Waals surface area contributed by atoms with Gasteiger partial charge in [0.15, 0.2) is 0 Å². The van der Waals surface area contributed by atoms with Crippen molar-refractivity contribution >= 4 is 28.6 Å². The van der Waals surface area contributed by atoms with Gasteiger partial charge in [0.1, 0.15) is 12.1 Å². The van der Waals surface area contributed by atoms with E-state index in [2.05, 4.69) is 5.32 Å². The van der Waals surface area contributed by atoms with E-state index in [1.807, 2.05) is 0 Å². The maximum atomic E-state index is 11.5. The zero-order valence-electron chi connectivity index (χ0n) is 10.9. The van der Waals surface area contributed by atoms with Crippen LogP contribution in [-0.4, -0.2) is 50.1 Å². The number of allylic oxidation sites excluding steroid dienone is 1. The first kappa shape index (κ1) is 18.3. The Kier molecular flexibility index (Phi) is 8.41. The summed E-state index contributed by atoms with van der Waals surface area (Å²) < 4.78 is 11.4. The Balaban J connectivity index is 4.38. The molecule has 5 N–H and O–H groups in total. The predicted octanol–water partition coefficient (Wildman–Crippen LogP) is -0.970. The van der Waals surface area contributed by atoms with Crippen LogP contribution in [0.3, 0.4) is 0 Å². The standard InChI is InChI=1S/C11H18N2O6S/c1-2-5-20(19)6-8(11(17)18)13-9(14)4-3-7(12)10(15)16/h2,5,7-8H,3-4,6,12H2,1H3,(H,13,14)(H,15,16)(H,17,18)/b5-2+. The van der Waals surface area contributed by atoms with Crippen LogP contribution < -0.4 is 11.1 Å². The SMILES string of the molecule is C/C=C/S(=O)CC(NC(=O)CCC(N)C(=O)O)C(=O)O. The van der Waals surface area contributed by atoms with Gasteiger partial charge in [-0.05, 0) is 18.8 Å². The first-order valence-corrected chi connectivity index (χ1v) is 7.16. The van der Waals surface area contributed by atoms with Gasteiger partial charge in [-0.25, -0.2) is 4.79 Å². The molecule has 0 saturated heterocycles. The average Bonchev–Trinajstić information content (AvgIpc) is 2.35. The number of carboxylic acid groups (broad SMARTS) is 2. The highest BCUT2D eigenvalue weighted by molar-refractivity contribution is 7.88. The van der Waals surface area contributed by atoms with Crippen molar-refractivity contribution in [3.63, 3.8) is 0 Å². The van der Waals surface area contributed by atoms with Gasteiger partial charge in [0.25, 0.3) is 0 Å². The van der Waals surface area contributed by atoms with E-state index in [0.29, 0.717) is 0 Å². The summed E-state index contributed by atoms with van der Waals surface area (Å²) >= 11 is 0. The number of nitrogens with two attached hydrogens (primary N) is 1. The lowest BCUT2D eigenvalue weighted by Crippen LogP contribution is -2.44. The highest BCUT2D eigenvalue weighted by Gasteiger charge is 2.22. The molecule has 8 nitrogen and oxygen atoms in total. The molecule has 20 heavy (non-hydrogen) atoms. The van der Waals surface area contributed by atoms with E-state index in [0.717, 1.165) is 0 Å². The number of carboxylic acids is 2. The zero-order chi connectivity index (χ0) is 15.7. The van der Waals surface area contributed by atoms with Crippen molar-refractivity contribution in [2.75, 3.05) is 5.75 Å². The predicted molar refractivity (Wildman–Crippen MR) is 72.2 cm³/mol. The lowest BCUT2D eigenvalue weighted by atomic mass is 10.1. The fraction of sp³-hybridized carbons (Fsp3) is 0.545. The molecular formula is C11H18N2O6S. The molecule has 1 amide bonds. The molecular weight excluding hydrogens is 288 g/mol. The minimum atomic E-state index is -1.50. The molecule has 0 aromatic heterocycles. The first-order valence-electron chi connectivity index (χ1n) is 5.78. The van der Waals surface area contributed by atoms with Crippen LogP contribution in [0.25, 0.3) is 0 Å². The van der Waals surface area contributed by atoms with Crippen molar-refractivity contribution in [2.24, 2.45) is 5.73 Å². The van der Waals surface area contributed by atoms with Crippen molar-refractivity contribution in [2.45, 2.75) is 31.8 Å². The summed E-state index contributed by atoms with van der Waals surface area (Å²) in [5.41, 5.74) is 5.22. The number of hydrogen-bond donors (Lipinski definition) is 4. The molecule has 0 aliphatic heterocycles. The molecule has 0 heterocycles. The number of nitrogens with one attached hydrogen (secondary N) is 1. The molecule has 0 rings (SSSR count). The van der Waals surface area contributed by atoms with Crippen LogP contribution in [0.2, 0.25) is 0 Å². The smallest absolute Gasteiger partial charge is 0.327 e. The molecule has 0 aliphatic carbocycles. The summed E-state index contributed by atoms with van der Waals surface area (Å²) in [4.78, 5) is 32.9. The second-order valence-electron chi connectivity index (χ2n) is 3.96. The van der Waals surface area contributed by atoms with Crippen LogP contribution in [0.4, 0.5) is 0 Å². The van der Waals surface area contributed by atoms with Gasteiger partial charge in [-0.3, -0.25) is 13.8 Å². The maximum absolute atomic E-state index is 11.5. The van der Waals surface area contributed by atoms with Crippen LogP contribution in [0.1, 0.15) is 19.8 Å². The van der Waals surface area contributed by atoms with Gasteiger partial charge in [0.05, 0.1) is 5.75 Å². The fourth-order valence-electron chi connectivity index (χ4n) is 1.22. The van der Waals surface area contributed by atoms with Gasteiger partial charge < -0.3 is 21.3 Å². The van der Waals surface area contributed by atoms with Crippen molar-refractivity contribution in [1.29, 1.82) is 0 Å². The summed E-state index contributed by atoms with van der Waals surface area (Å²) in [5, 5.41) is 21.0. The molecule has 3 atom stereocenters. The maximum Gasteiger partial charge on any atom is 0.327 e. The Morgan fingerprint density at radius 1 is 1.30 bits per heavy atom. The third-order valence-corrected chi connectivity index (χ3v) is 3.49. The van der Waals surface area contributed by atoms with Crippen molar-refractivity contribution in [1.82, 2.24) is 5.32 Å². The number of hydrogen-bond acceptors (Lipinski definition) is 5. The van der Waals surface area contributed by atoms with Gasteiger partial charge in [-0.1, -0.05) is 6.08 Å². The molecule has 0 saturated carbocycles. The number of amides is 1. The van der Waals surface area contributed by atoms with Gasteiger partial charge in [-0.2, -0.15) is 0 Å². The Hall–Kier alpha value is -1.74. The lowest BCUT2D eigenvalue weighted by molar-refractivity contribution is -0.141. The van der Waals surface area contributed by atoms with E-state index in [1.165, 1.54) is 11.5 Å².